The lowest BCUT2D eigenvalue weighted by Crippen LogP contribution is -2.34. The van der Waals surface area contributed by atoms with Gasteiger partial charge in [0.05, 0.1) is 12.1 Å². The maximum absolute atomic E-state index is 11.9. The molecule has 5 heteroatoms. The van der Waals surface area contributed by atoms with Crippen molar-refractivity contribution in [2.24, 2.45) is 17.1 Å². The van der Waals surface area contributed by atoms with Crippen molar-refractivity contribution in [3.8, 4) is 0 Å². The number of hydrogen-bond acceptors (Lipinski definition) is 3. The Labute approximate surface area is 121 Å². The molecular formula is C14H25ClN2O2. The Morgan fingerprint density at radius 1 is 1.47 bits per heavy atom. The van der Waals surface area contributed by atoms with E-state index in [2.05, 4.69) is 33.0 Å². The normalized spacial score (nSPS) is 11.3. The van der Waals surface area contributed by atoms with Gasteiger partial charge >= 0.3 is 0 Å². The predicted octanol–water partition coefficient (Wildman–Crippen LogP) is 2.96. The zero-order valence-electron chi connectivity index (χ0n) is 12.2. The van der Waals surface area contributed by atoms with Crippen LogP contribution in [0.25, 0.3) is 0 Å². The number of hydrogen-bond donors (Lipinski definition) is 2. The first-order valence-electron chi connectivity index (χ1n) is 6.40. The van der Waals surface area contributed by atoms with Gasteiger partial charge in [0.1, 0.15) is 12.0 Å². The average molecular weight is 289 g/mol. The summed E-state index contributed by atoms with van der Waals surface area (Å²) in [4.78, 5) is 11.9. The molecular weight excluding hydrogens is 264 g/mol. The van der Waals surface area contributed by atoms with Gasteiger partial charge in [-0.25, -0.2) is 0 Å². The Hall–Kier alpha value is -1.00. The second-order valence-electron chi connectivity index (χ2n) is 5.95. The molecule has 0 fully saturated rings. The lowest BCUT2D eigenvalue weighted by molar-refractivity contribution is 0.0931. The van der Waals surface area contributed by atoms with E-state index in [1.807, 2.05) is 0 Å². The van der Waals surface area contributed by atoms with Crippen LogP contribution >= 0.6 is 12.4 Å². The number of furan rings is 1. The number of nitrogens with one attached hydrogen (secondary N) is 1. The van der Waals surface area contributed by atoms with Crippen LogP contribution in [-0.2, 0) is 6.54 Å². The van der Waals surface area contributed by atoms with Gasteiger partial charge in [-0.2, -0.15) is 0 Å². The monoisotopic (exact) mass is 288 g/mol. The number of rotatable bonds is 6. The molecule has 4 nitrogen and oxygen atoms in total. The van der Waals surface area contributed by atoms with Gasteiger partial charge in [0, 0.05) is 6.54 Å². The van der Waals surface area contributed by atoms with E-state index < -0.39 is 0 Å². The molecule has 19 heavy (non-hydrogen) atoms. The number of halogens is 1. The fourth-order valence-corrected chi connectivity index (χ4v) is 2.21. The Kier molecular flexibility index (Phi) is 7.16. The lowest BCUT2D eigenvalue weighted by Gasteiger charge is -2.26. The highest BCUT2D eigenvalue weighted by Gasteiger charge is 2.21. The van der Waals surface area contributed by atoms with E-state index >= 15 is 0 Å². The highest BCUT2D eigenvalue weighted by atomic mass is 35.5. The summed E-state index contributed by atoms with van der Waals surface area (Å²) in [7, 11) is 0. The maximum atomic E-state index is 11.9. The smallest absolute Gasteiger partial charge is 0.254 e. The van der Waals surface area contributed by atoms with Crippen molar-refractivity contribution >= 4 is 18.3 Å². The molecule has 1 rings (SSSR count). The van der Waals surface area contributed by atoms with Crippen LogP contribution in [-0.4, -0.2) is 12.5 Å². The molecule has 1 amide bonds. The van der Waals surface area contributed by atoms with Crippen molar-refractivity contribution < 1.29 is 9.21 Å². The van der Waals surface area contributed by atoms with Crippen LogP contribution in [0.2, 0.25) is 0 Å². The third-order valence-corrected chi connectivity index (χ3v) is 2.81. The Bertz CT molecular complexity index is 400. The topological polar surface area (TPSA) is 68.3 Å². The number of carbonyl (C=O) groups is 1. The summed E-state index contributed by atoms with van der Waals surface area (Å²) >= 11 is 0. The zero-order chi connectivity index (χ0) is 13.8. The van der Waals surface area contributed by atoms with Crippen molar-refractivity contribution in [3.05, 3.63) is 23.7 Å². The number of carbonyl (C=O) groups excluding carboxylic acids is 1. The Morgan fingerprint density at radius 2 is 2.11 bits per heavy atom. The molecule has 0 aliphatic carbocycles. The Morgan fingerprint density at radius 3 is 2.58 bits per heavy atom. The van der Waals surface area contributed by atoms with Gasteiger partial charge in [-0.3, -0.25) is 4.79 Å². The van der Waals surface area contributed by atoms with Crippen LogP contribution in [0.3, 0.4) is 0 Å². The molecule has 0 saturated heterocycles. The summed E-state index contributed by atoms with van der Waals surface area (Å²) in [6, 6.07) is 1.69. The van der Waals surface area contributed by atoms with Crippen molar-refractivity contribution in [2.75, 3.05) is 6.54 Å². The van der Waals surface area contributed by atoms with Crippen LogP contribution < -0.4 is 11.1 Å². The molecule has 110 valence electrons. The minimum Gasteiger partial charge on any atom is -0.467 e. The first-order chi connectivity index (χ1) is 8.34. The first kappa shape index (κ1) is 18.0. The second kappa shape index (κ2) is 7.56. The fourth-order valence-electron chi connectivity index (χ4n) is 2.21. The molecule has 3 N–H and O–H groups in total. The van der Waals surface area contributed by atoms with Gasteiger partial charge in [-0.15, -0.1) is 12.4 Å². The quantitative estimate of drug-likeness (QED) is 0.845. The van der Waals surface area contributed by atoms with Gasteiger partial charge in [0.25, 0.3) is 5.91 Å². The molecule has 0 aromatic carbocycles. The van der Waals surface area contributed by atoms with Gasteiger partial charge < -0.3 is 15.5 Å². The first-order valence-corrected chi connectivity index (χ1v) is 6.40. The summed E-state index contributed by atoms with van der Waals surface area (Å²) in [5, 5.41) is 2.94. The van der Waals surface area contributed by atoms with Crippen molar-refractivity contribution in [3.63, 3.8) is 0 Å². The summed E-state index contributed by atoms with van der Waals surface area (Å²) < 4.78 is 5.15. The largest absolute Gasteiger partial charge is 0.467 e. The van der Waals surface area contributed by atoms with Crippen LogP contribution in [0, 0.1) is 11.3 Å². The van der Waals surface area contributed by atoms with Crippen molar-refractivity contribution in [1.82, 2.24) is 5.32 Å². The molecule has 0 aliphatic rings. The number of amides is 1. The van der Waals surface area contributed by atoms with Crippen LogP contribution in [0.1, 0.15) is 50.2 Å². The molecule has 1 aromatic heterocycles. The van der Waals surface area contributed by atoms with Crippen molar-refractivity contribution in [2.45, 2.75) is 40.7 Å². The van der Waals surface area contributed by atoms with E-state index in [0.29, 0.717) is 30.3 Å². The van der Waals surface area contributed by atoms with E-state index in [-0.39, 0.29) is 23.7 Å². The predicted molar refractivity (Wildman–Crippen MR) is 79.4 cm³/mol. The molecule has 1 heterocycles. The third-order valence-electron chi connectivity index (χ3n) is 2.81. The lowest BCUT2D eigenvalue weighted by atomic mass is 9.84. The second-order valence-corrected chi connectivity index (χ2v) is 5.95. The Balaban J connectivity index is 0.00000324. The number of nitrogens with two attached hydrogens (primary N) is 1. The van der Waals surface area contributed by atoms with E-state index in [1.165, 1.54) is 6.26 Å². The standard InChI is InChI=1S/C14H24N2O2.ClH/c1-10(2)6-14(3,4)9-16-13(17)11-5-12(7-15)18-8-11;/h5,8,10H,6-7,9,15H2,1-4H3,(H,16,17);1H. The molecule has 0 unspecified atom stereocenters. The fraction of sp³-hybridized carbons (Fsp3) is 0.643. The van der Waals surface area contributed by atoms with E-state index in [9.17, 15) is 4.79 Å². The molecule has 0 bridgehead atoms. The van der Waals surface area contributed by atoms with Crippen LogP contribution in [0.5, 0.6) is 0 Å². The maximum Gasteiger partial charge on any atom is 0.254 e. The minimum absolute atomic E-state index is 0. The molecule has 0 radical (unpaired) electrons. The van der Waals surface area contributed by atoms with Gasteiger partial charge in [-0.1, -0.05) is 27.7 Å². The minimum atomic E-state index is -0.102. The van der Waals surface area contributed by atoms with Gasteiger partial charge in [0.15, 0.2) is 0 Å². The SMILES string of the molecule is CC(C)CC(C)(C)CNC(=O)c1coc(CN)c1.Cl. The highest BCUT2D eigenvalue weighted by molar-refractivity contribution is 5.93. The van der Waals surface area contributed by atoms with Gasteiger partial charge in [0.2, 0.25) is 0 Å². The summed E-state index contributed by atoms with van der Waals surface area (Å²) in [6.45, 7) is 9.67. The van der Waals surface area contributed by atoms with E-state index in [4.69, 9.17) is 10.2 Å². The van der Waals surface area contributed by atoms with Crippen LogP contribution in [0.4, 0.5) is 0 Å². The molecule has 0 spiro atoms. The molecule has 1 aromatic rings. The molecule has 0 aliphatic heterocycles. The summed E-state index contributed by atoms with van der Waals surface area (Å²) in [5.41, 5.74) is 6.08. The summed E-state index contributed by atoms with van der Waals surface area (Å²) in [6.07, 6.45) is 2.53. The van der Waals surface area contributed by atoms with E-state index in [0.717, 1.165) is 6.42 Å². The van der Waals surface area contributed by atoms with Crippen LogP contribution in [0.15, 0.2) is 16.7 Å². The van der Waals surface area contributed by atoms with Gasteiger partial charge in [-0.05, 0) is 23.8 Å². The zero-order valence-corrected chi connectivity index (χ0v) is 13.0. The average Bonchev–Trinajstić information content (AvgIpc) is 2.72. The summed E-state index contributed by atoms with van der Waals surface area (Å²) in [5.74, 6) is 1.14. The third kappa shape index (κ3) is 6.12. The van der Waals surface area contributed by atoms with E-state index in [1.54, 1.807) is 6.07 Å². The highest BCUT2D eigenvalue weighted by Crippen LogP contribution is 2.24. The molecule has 0 atom stereocenters. The molecule has 0 saturated carbocycles. The van der Waals surface area contributed by atoms with Crippen molar-refractivity contribution in [1.29, 1.82) is 0 Å².